The molecule has 70 valence electrons. The van der Waals surface area contributed by atoms with Crippen LogP contribution in [-0.4, -0.2) is 0 Å². The molecule has 0 spiro atoms. The zero-order valence-corrected chi connectivity index (χ0v) is 8.33. The van der Waals surface area contributed by atoms with E-state index in [1.165, 1.54) is 12.0 Å². The van der Waals surface area contributed by atoms with Crippen LogP contribution in [0.15, 0.2) is 30.3 Å². The molecule has 2 aliphatic rings. The van der Waals surface area contributed by atoms with Crippen molar-refractivity contribution in [2.75, 3.05) is 0 Å². The molecule has 3 unspecified atom stereocenters. The van der Waals surface area contributed by atoms with Crippen molar-refractivity contribution >= 4 is 0 Å². The fourth-order valence-corrected chi connectivity index (χ4v) is 3.22. The largest absolute Gasteiger partial charge is 0.197 e. The van der Waals surface area contributed by atoms with Crippen LogP contribution < -0.4 is 0 Å². The number of benzene rings is 1. The predicted molar refractivity (Wildman–Crippen MR) is 54.6 cm³/mol. The lowest BCUT2D eigenvalue weighted by molar-refractivity contribution is 0.202. The predicted octanol–water partition coefficient (Wildman–Crippen LogP) is 2.88. The van der Waals surface area contributed by atoms with Gasteiger partial charge in [-0.15, -0.1) is 0 Å². The van der Waals surface area contributed by atoms with Gasteiger partial charge in [0, 0.05) is 0 Å². The molecule has 0 amide bonds. The molecule has 2 fully saturated rings. The SMILES string of the molecule is CC12CC1C(C#N)(c1ccccc1)C2. The Kier molecular flexibility index (Phi) is 1.27. The number of rotatable bonds is 1. The van der Waals surface area contributed by atoms with Crippen LogP contribution in [0.5, 0.6) is 0 Å². The van der Waals surface area contributed by atoms with Gasteiger partial charge in [0.1, 0.15) is 0 Å². The first kappa shape index (κ1) is 8.05. The van der Waals surface area contributed by atoms with Crippen molar-refractivity contribution in [2.45, 2.75) is 25.2 Å². The summed E-state index contributed by atoms with van der Waals surface area (Å²) >= 11 is 0. The summed E-state index contributed by atoms with van der Waals surface area (Å²) in [6, 6.07) is 12.8. The summed E-state index contributed by atoms with van der Waals surface area (Å²) in [7, 11) is 0. The minimum Gasteiger partial charge on any atom is -0.197 e. The minimum atomic E-state index is -0.143. The Labute approximate surface area is 84.4 Å². The van der Waals surface area contributed by atoms with E-state index in [0.29, 0.717) is 11.3 Å². The van der Waals surface area contributed by atoms with E-state index in [2.05, 4.69) is 25.1 Å². The van der Waals surface area contributed by atoms with Gasteiger partial charge in [-0.1, -0.05) is 37.3 Å². The highest BCUT2D eigenvalue weighted by atomic mass is 14.7. The van der Waals surface area contributed by atoms with Gasteiger partial charge in [-0.2, -0.15) is 5.26 Å². The summed E-state index contributed by atoms with van der Waals surface area (Å²) in [5.74, 6) is 0.627. The molecule has 1 aromatic carbocycles. The van der Waals surface area contributed by atoms with Gasteiger partial charge >= 0.3 is 0 Å². The molecule has 0 bridgehead atoms. The number of nitrogens with zero attached hydrogens (tertiary/aromatic N) is 1. The third-order valence-corrected chi connectivity index (χ3v) is 4.12. The Morgan fingerprint density at radius 3 is 2.50 bits per heavy atom. The molecule has 0 heterocycles. The van der Waals surface area contributed by atoms with Gasteiger partial charge in [-0.05, 0) is 29.7 Å². The van der Waals surface area contributed by atoms with Gasteiger partial charge in [0.25, 0.3) is 0 Å². The summed E-state index contributed by atoms with van der Waals surface area (Å²) in [6.07, 6.45) is 2.31. The van der Waals surface area contributed by atoms with Crippen molar-refractivity contribution in [1.82, 2.24) is 0 Å². The van der Waals surface area contributed by atoms with E-state index in [1.807, 2.05) is 18.2 Å². The second kappa shape index (κ2) is 2.20. The molecule has 2 aliphatic carbocycles. The Bertz CT molecular complexity index is 417. The fourth-order valence-electron chi connectivity index (χ4n) is 3.22. The highest BCUT2D eigenvalue weighted by Gasteiger charge is 2.73. The third-order valence-electron chi connectivity index (χ3n) is 4.12. The molecular formula is C13H13N. The molecule has 0 N–H and O–H groups in total. The maximum absolute atomic E-state index is 9.35. The van der Waals surface area contributed by atoms with Gasteiger partial charge in [0.2, 0.25) is 0 Å². The smallest absolute Gasteiger partial charge is 0.0861 e. The van der Waals surface area contributed by atoms with Crippen LogP contribution in [0.4, 0.5) is 0 Å². The van der Waals surface area contributed by atoms with Gasteiger partial charge in [-0.3, -0.25) is 0 Å². The summed E-state index contributed by atoms with van der Waals surface area (Å²) in [5.41, 5.74) is 1.59. The zero-order valence-electron chi connectivity index (χ0n) is 8.33. The lowest BCUT2D eigenvalue weighted by atomic mass is 9.60. The molecule has 14 heavy (non-hydrogen) atoms. The van der Waals surface area contributed by atoms with Gasteiger partial charge in [0.15, 0.2) is 0 Å². The van der Waals surface area contributed by atoms with E-state index < -0.39 is 0 Å². The van der Waals surface area contributed by atoms with Gasteiger partial charge in [0.05, 0.1) is 11.5 Å². The molecule has 0 aliphatic heterocycles. The van der Waals surface area contributed by atoms with Crippen LogP contribution in [0.3, 0.4) is 0 Å². The van der Waals surface area contributed by atoms with Crippen LogP contribution in [0.2, 0.25) is 0 Å². The quantitative estimate of drug-likeness (QED) is 0.656. The van der Waals surface area contributed by atoms with Crippen molar-refractivity contribution in [3.8, 4) is 6.07 Å². The first-order valence-electron chi connectivity index (χ1n) is 5.18. The van der Waals surface area contributed by atoms with Crippen LogP contribution in [0.25, 0.3) is 0 Å². The molecule has 0 saturated heterocycles. The summed E-state index contributed by atoms with van der Waals surface area (Å²) in [6.45, 7) is 2.30. The Morgan fingerprint density at radius 2 is 2.07 bits per heavy atom. The van der Waals surface area contributed by atoms with Crippen LogP contribution in [-0.2, 0) is 5.41 Å². The maximum Gasteiger partial charge on any atom is 0.0861 e. The zero-order chi connectivity index (χ0) is 9.81. The Balaban J connectivity index is 2.02. The van der Waals surface area contributed by atoms with Gasteiger partial charge < -0.3 is 0 Å². The highest BCUT2D eigenvalue weighted by molar-refractivity contribution is 5.44. The van der Waals surface area contributed by atoms with E-state index in [-0.39, 0.29) is 5.41 Å². The molecule has 0 radical (unpaired) electrons. The van der Waals surface area contributed by atoms with E-state index >= 15 is 0 Å². The number of hydrogen-bond acceptors (Lipinski definition) is 1. The molecule has 1 nitrogen and oxygen atoms in total. The third kappa shape index (κ3) is 0.749. The van der Waals surface area contributed by atoms with Crippen molar-refractivity contribution in [3.63, 3.8) is 0 Å². The first-order chi connectivity index (χ1) is 6.71. The van der Waals surface area contributed by atoms with E-state index in [9.17, 15) is 5.26 Å². The van der Waals surface area contributed by atoms with E-state index in [1.54, 1.807) is 0 Å². The molecule has 3 atom stereocenters. The summed E-state index contributed by atoms with van der Waals surface area (Å²) in [5, 5.41) is 9.35. The molecule has 3 rings (SSSR count). The number of fused-ring (bicyclic) bond motifs is 1. The molecule has 1 aromatic rings. The first-order valence-corrected chi connectivity index (χ1v) is 5.18. The second-order valence-corrected chi connectivity index (χ2v) is 5.04. The molecule has 2 saturated carbocycles. The van der Waals surface area contributed by atoms with Crippen molar-refractivity contribution in [2.24, 2.45) is 11.3 Å². The summed E-state index contributed by atoms with van der Waals surface area (Å²) in [4.78, 5) is 0. The van der Waals surface area contributed by atoms with Crippen LogP contribution >= 0.6 is 0 Å². The molecule has 0 aromatic heterocycles. The lowest BCUT2D eigenvalue weighted by Gasteiger charge is -2.40. The standard InChI is InChI=1S/C13H13N/c1-12-7-11(12)13(8-12,9-14)10-5-3-2-4-6-10/h2-6,11H,7-8H2,1H3. The van der Waals surface area contributed by atoms with Crippen molar-refractivity contribution in [1.29, 1.82) is 5.26 Å². The average molecular weight is 183 g/mol. The number of hydrogen-bond donors (Lipinski definition) is 0. The monoisotopic (exact) mass is 183 g/mol. The number of nitriles is 1. The Hall–Kier alpha value is -1.29. The fraction of sp³-hybridized carbons (Fsp3) is 0.462. The van der Waals surface area contributed by atoms with Crippen molar-refractivity contribution in [3.05, 3.63) is 35.9 Å². The van der Waals surface area contributed by atoms with Crippen molar-refractivity contribution < 1.29 is 0 Å². The Morgan fingerprint density at radius 1 is 1.36 bits per heavy atom. The summed E-state index contributed by atoms with van der Waals surface area (Å²) < 4.78 is 0. The molecular weight excluding hydrogens is 170 g/mol. The van der Waals surface area contributed by atoms with E-state index in [0.717, 1.165) is 6.42 Å². The normalized spacial score (nSPS) is 43.3. The second-order valence-electron chi connectivity index (χ2n) is 5.04. The minimum absolute atomic E-state index is 0.143. The van der Waals surface area contributed by atoms with Crippen LogP contribution in [0, 0.1) is 22.7 Å². The maximum atomic E-state index is 9.35. The highest BCUT2D eigenvalue weighted by Crippen LogP contribution is 2.76. The average Bonchev–Trinajstić information content (AvgIpc) is 2.77. The van der Waals surface area contributed by atoms with E-state index in [4.69, 9.17) is 0 Å². The van der Waals surface area contributed by atoms with Gasteiger partial charge in [-0.25, -0.2) is 0 Å². The molecule has 1 heteroatoms. The van der Waals surface area contributed by atoms with Crippen LogP contribution in [0.1, 0.15) is 25.3 Å². The topological polar surface area (TPSA) is 23.8 Å². The lowest BCUT2D eigenvalue weighted by Crippen LogP contribution is -2.40.